The Kier molecular flexibility index (Phi) is 5.93. The van der Waals surface area contributed by atoms with E-state index in [0.717, 1.165) is 31.7 Å². The summed E-state index contributed by atoms with van der Waals surface area (Å²) in [4.78, 5) is 14.5. The Morgan fingerprint density at radius 1 is 1.11 bits per heavy atom. The first kappa shape index (κ1) is 19.5. The van der Waals surface area contributed by atoms with Gasteiger partial charge in [-0.3, -0.25) is 10.1 Å². The molecule has 3 rings (SSSR count). The smallest absolute Gasteiger partial charge is 0.312 e. The van der Waals surface area contributed by atoms with Gasteiger partial charge >= 0.3 is 5.69 Å². The number of sulfonamides is 1. The minimum absolute atomic E-state index is 0.0704. The van der Waals surface area contributed by atoms with Crippen LogP contribution >= 0.6 is 11.6 Å². The highest BCUT2D eigenvalue weighted by atomic mass is 35.5. The topological polar surface area (TPSA) is 103 Å². The summed E-state index contributed by atoms with van der Waals surface area (Å²) in [5.74, 6) is 0.185. The Morgan fingerprint density at radius 2 is 1.81 bits per heavy atom. The number of nitrogens with zero attached hydrogens (tertiary/aromatic N) is 3. The minimum Gasteiger partial charge on any atom is -0.449 e. The summed E-state index contributed by atoms with van der Waals surface area (Å²) in [7, 11) is -3.79. The molecule has 0 aliphatic carbocycles. The van der Waals surface area contributed by atoms with Gasteiger partial charge in [0.25, 0.3) is 0 Å². The van der Waals surface area contributed by atoms with E-state index in [0.29, 0.717) is 13.1 Å². The van der Waals surface area contributed by atoms with E-state index in [4.69, 9.17) is 16.3 Å². The van der Waals surface area contributed by atoms with Crippen molar-refractivity contribution in [1.82, 2.24) is 9.29 Å². The fourth-order valence-electron chi connectivity index (χ4n) is 2.87. The number of hydrogen-bond donors (Lipinski definition) is 0. The summed E-state index contributed by atoms with van der Waals surface area (Å²) in [5, 5.41) is 11.7. The first-order valence-corrected chi connectivity index (χ1v) is 10.3. The first-order valence-electron chi connectivity index (χ1n) is 8.46. The predicted octanol–water partition coefficient (Wildman–Crippen LogP) is 4.00. The molecule has 144 valence electrons. The Hall–Kier alpha value is -2.23. The molecule has 27 heavy (non-hydrogen) atoms. The zero-order valence-electron chi connectivity index (χ0n) is 14.4. The van der Waals surface area contributed by atoms with Crippen LogP contribution in [0.15, 0.2) is 41.4 Å². The number of aromatic nitrogens is 1. The molecule has 8 nitrogen and oxygen atoms in total. The molecule has 1 aliphatic heterocycles. The zero-order chi connectivity index (χ0) is 19.4. The van der Waals surface area contributed by atoms with Gasteiger partial charge < -0.3 is 4.74 Å². The number of rotatable bonds is 5. The molecule has 1 fully saturated rings. The number of pyridine rings is 1. The van der Waals surface area contributed by atoms with Crippen LogP contribution in [0.25, 0.3) is 0 Å². The quantitative estimate of drug-likeness (QED) is 0.418. The van der Waals surface area contributed by atoms with Gasteiger partial charge in [-0.05, 0) is 37.1 Å². The van der Waals surface area contributed by atoms with Crippen LogP contribution in [-0.2, 0) is 10.0 Å². The maximum absolute atomic E-state index is 12.9. The van der Waals surface area contributed by atoms with Crippen LogP contribution in [0.4, 0.5) is 5.69 Å². The summed E-state index contributed by atoms with van der Waals surface area (Å²) >= 11 is 5.71. The monoisotopic (exact) mass is 411 g/mol. The lowest BCUT2D eigenvalue weighted by Gasteiger charge is -2.20. The molecule has 0 bridgehead atoms. The highest BCUT2D eigenvalue weighted by molar-refractivity contribution is 7.89. The lowest BCUT2D eigenvalue weighted by Crippen LogP contribution is -2.31. The SMILES string of the molecule is O=[N+]([O-])c1cc(S(=O)(=O)N2CCCCCC2)ccc1Oc1ccc(Cl)nc1. The fourth-order valence-corrected chi connectivity index (χ4v) is 4.52. The molecule has 1 aromatic heterocycles. The molecule has 0 spiro atoms. The summed E-state index contributed by atoms with van der Waals surface area (Å²) in [5.41, 5.74) is -0.430. The molecule has 0 saturated carbocycles. The van der Waals surface area contributed by atoms with Gasteiger partial charge in [-0.25, -0.2) is 13.4 Å². The summed E-state index contributed by atoms with van der Waals surface area (Å²) < 4.78 is 32.6. The maximum atomic E-state index is 12.9. The van der Waals surface area contributed by atoms with E-state index in [2.05, 4.69) is 4.98 Å². The van der Waals surface area contributed by atoms with E-state index in [-0.39, 0.29) is 21.5 Å². The lowest BCUT2D eigenvalue weighted by molar-refractivity contribution is -0.385. The first-order chi connectivity index (χ1) is 12.9. The van der Waals surface area contributed by atoms with Gasteiger partial charge in [0, 0.05) is 19.2 Å². The second-order valence-corrected chi connectivity index (χ2v) is 8.45. The van der Waals surface area contributed by atoms with E-state index in [1.165, 1.54) is 34.8 Å². The molecule has 10 heteroatoms. The third-order valence-electron chi connectivity index (χ3n) is 4.26. The molecule has 0 radical (unpaired) electrons. The van der Waals surface area contributed by atoms with Crippen molar-refractivity contribution in [3.8, 4) is 11.5 Å². The van der Waals surface area contributed by atoms with Crippen LogP contribution in [0.3, 0.4) is 0 Å². The van der Waals surface area contributed by atoms with Crippen molar-refractivity contribution in [1.29, 1.82) is 0 Å². The average molecular weight is 412 g/mol. The molecule has 0 N–H and O–H groups in total. The summed E-state index contributed by atoms with van der Waals surface area (Å²) in [6.07, 6.45) is 4.86. The van der Waals surface area contributed by atoms with Crippen molar-refractivity contribution >= 4 is 27.3 Å². The van der Waals surface area contributed by atoms with Crippen LogP contribution in [0.1, 0.15) is 25.7 Å². The van der Waals surface area contributed by atoms with E-state index in [9.17, 15) is 18.5 Å². The van der Waals surface area contributed by atoms with Crippen LogP contribution in [-0.4, -0.2) is 35.7 Å². The Balaban J connectivity index is 1.93. The summed E-state index contributed by atoms with van der Waals surface area (Å²) in [6.45, 7) is 0.843. The lowest BCUT2D eigenvalue weighted by atomic mass is 10.2. The second kappa shape index (κ2) is 8.20. The molecular weight excluding hydrogens is 394 g/mol. The van der Waals surface area contributed by atoms with Crippen molar-refractivity contribution in [2.45, 2.75) is 30.6 Å². The van der Waals surface area contributed by atoms with Crippen LogP contribution in [0, 0.1) is 10.1 Å². The van der Waals surface area contributed by atoms with Gasteiger partial charge in [0.1, 0.15) is 10.9 Å². The molecule has 1 aromatic carbocycles. The van der Waals surface area contributed by atoms with Gasteiger partial charge in [0.15, 0.2) is 0 Å². The van der Waals surface area contributed by atoms with Crippen molar-refractivity contribution in [2.75, 3.05) is 13.1 Å². The van der Waals surface area contributed by atoms with Crippen molar-refractivity contribution in [2.24, 2.45) is 0 Å². The van der Waals surface area contributed by atoms with Gasteiger partial charge in [-0.15, -0.1) is 0 Å². The molecule has 2 aromatic rings. The maximum Gasteiger partial charge on any atom is 0.312 e. The number of halogens is 1. The third-order valence-corrected chi connectivity index (χ3v) is 6.38. The van der Waals surface area contributed by atoms with Gasteiger partial charge in [-0.1, -0.05) is 24.4 Å². The molecule has 0 unspecified atom stereocenters. The predicted molar refractivity (Wildman–Crippen MR) is 99.6 cm³/mol. The highest BCUT2D eigenvalue weighted by Crippen LogP contribution is 2.34. The Morgan fingerprint density at radius 3 is 2.41 bits per heavy atom. The molecule has 1 aliphatic rings. The van der Waals surface area contributed by atoms with E-state index >= 15 is 0 Å². The van der Waals surface area contributed by atoms with E-state index in [1.807, 2.05) is 0 Å². The molecule has 1 saturated heterocycles. The molecule has 2 heterocycles. The average Bonchev–Trinajstić information content (AvgIpc) is 2.93. The molecule has 0 atom stereocenters. The molecular formula is C17H18ClN3O5S. The number of ether oxygens (including phenoxy) is 1. The second-order valence-electron chi connectivity index (χ2n) is 6.12. The van der Waals surface area contributed by atoms with E-state index in [1.54, 1.807) is 0 Å². The van der Waals surface area contributed by atoms with E-state index < -0.39 is 20.6 Å². The van der Waals surface area contributed by atoms with Crippen molar-refractivity contribution in [3.05, 3.63) is 51.8 Å². The zero-order valence-corrected chi connectivity index (χ0v) is 15.9. The molecule has 0 amide bonds. The third kappa shape index (κ3) is 4.55. The Bertz CT molecular complexity index is 926. The fraction of sp³-hybridized carbons (Fsp3) is 0.353. The largest absolute Gasteiger partial charge is 0.449 e. The van der Waals surface area contributed by atoms with Gasteiger partial charge in [0.2, 0.25) is 15.8 Å². The number of hydrogen-bond acceptors (Lipinski definition) is 6. The normalized spacial score (nSPS) is 15.9. The minimum atomic E-state index is -3.79. The van der Waals surface area contributed by atoms with Crippen LogP contribution in [0.5, 0.6) is 11.5 Å². The van der Waals surface area contributed by atoms with Crippen molar-refractivity contribution < 1.29 is 18.1 Å². The van der Waals surface area contributed by atoms with Crippen molar-refractivity contribution in [3.63, 3.8) is 0 Å². The standard InChI is InChI=1S/C17H18ClN3O5S/c18-17-8-5-13(12-19-17)26-16-7-6-14(11-15(16)21(22)23)27(24,25)20-9-3-1-2-4-10-20/h5-8,11-12H,1-4,9-10H2. The number of nitro benzene ring substituents is 1. The number of benzene rings is 1. The highest BCUT2D eigenvalue weighted by Gasteiger charge is 2.28. The summed E-state index contributed by atoms with van der Waals surface area (Å²) in [6, 6.07) is 6.66. The number of nitro groups is 1. The van der Waals surface area contributed by atoms with Gasteiger partial charge in [-0.2, -0.15) is 4.31 Å². The Labute approximate surface area is 161 Å². The van der Waals surface area contributed by atoms with Crippen LogP contribution < -0.4 is 4.74 Å². The van der Waals surface area contributed by atoms with Gasteiger partial charge in [0.05, 0.1) is 16.0 Å². The van der Waals surface area contributed by atoms with Crippen LogP contribution in [0.2, 0.25) is 5.15 Å².